The van der Waals surface area contributed by atoms with Crippen LogP contribution >= 0.6 is 0 Å². The number of nitrogen functional groups attached to an aromatic ring is 1. The van der Waals surface area contributed by atoms with Crippen LogP contribution in [0.4, 0.5) is 11.6 Å². The van der Waals surface area contributed by atoms with Crippen LogP contribution in [0.15, 0.2) is 0 Å². The molecule has 0 saturated carbocycles. The van der Waals surface area contributed by atoms with Crippen molar-refractivity contribution in [1.29, 1.82) is 0 Å². The van der Waals surface area contributed by atoms with Gasteiger partial charge in [-0.25, -0.2) is 9.97 Å². The smallest absolute Gasteiger partial charge is 0.138 e. The first-order valence-corrected chi connectivity index (χ1v) is 7.84. The van der Waals surface area contributed by atoms with Gasteiger partial charge < -0.3 is 16.0 Å². The molecule has 21 heavy (non-hydrogen) atoms. The van der Waals surface area contributed by atoms with Gasteiger partial charge in [0.15, 0.2) is 0 Å². The predicted molar refractivity (Wildman–Crippen MR) is 88.6 cm³/mol. The molecule has 0 spiro atoms. The molecule has 0 radical (unpaired) electrons. The number of likely N-dealkylation sites (tertiary alicyclic amines) is 1. The summed E-state index contributed by atoms with van der Waals surface area (Å²) in [4.78, 5) is 11.5. The number of aromatic nitrogens is 2. The highest BCUT2D eigenvalue weighted by Crippen LogP contribution is 2.25. The third-order valence-corrected chi connectivity index (χ3v) is 4.25. The molecule has 0 amide bonds. The number of nitrogens with two attached hydrogens (primary N) is 1. The SMILES string of the molecule is Cc1c(N)nc(C(C)(C)C)nc1NCC1CCN(C)CC1. The minimum Gasteiger partial charge on any atom is -0.383 e. The van der Waals surface area contributed by atoms with E-state index in [0.717, 1.165) is 29.7 Å². The van der Waals surface area contributed by atoms with Gasteiger partial charge in [0, 0.05) is 17.5 Å². The molecule has 5 nitrogen and oxygen atoms in total. The molecular formula is C16H29N5. The number of hydrogen-bond donors (Lipinski definition) is 2. The fraction of sp³-hybridized carbons (Fsp3) is 0.750. The van der Waals surface area contributed by atoms with Gasteiger partial charge in [-0.3, -0.25) is 0 Å². The highest BCUT2D eigenvalue weighted by atomic mass is 15.1. The Morgan fingerprint density at radius 1 is 1.24 bits per heavy atom. The summed E-state index contributed by atoms with van der Waals surface area (Å²) in [6.45, 7) is 11.6. The Hall–Kier alpha value is -1.36. The summed E-state index contributed by atoms with van der Waals surface area (Å²) in [6, 6.07) is 0. The zero-order valence-corrected chi connectivity index (χ0v) is 14.0. The molecular weight excluding hydrogens is 262 g/mol. The van der Waals surface area contributed by atoms with Crippen molar-refractivity contribution in [1.82, 2.24) is 14.9 Å². The zero-order valence-electron chi connectivity index (χ0n) is 14.0. The first kappa shape index (κ1) is 16.0. The lowest BCUT2D eigenvalue weighted by Gasteiger charge is -2.29. The first-order chi connectivity index (χ1) is 9.77. The Balaban J connectivity index is 2.07. The molecule has 2 rings (SSSR count). The van der Waals surface area contributed by atoms with Crippen LogP contribution in [-0.2, 0) is 5.41 Å². The van der Waals surface area contributed by atoms with Crippen LogP contribution < -0.4 is 11.1 Å². The lowest BCUT2D eigenvalue weighted by molar-refractivity contribution is 0.226. The van der Waals surface area contributed by atoms with Gasteiger partial charge in [-0.2, -0.15) is 0 Å². The predicted octanol–water partition coefficient (Wildman–Crippen LogP) is 2.42. The number of nitrogens with zero attached hydrogens (tertiary/aromatic N) is 3. The van der Waals surface area contributed by atoms with Crippen LogP contribution in [0.3, 0.4) is 0 Å². The average molecular weight is 291 g/mol. The maximum atomic E-state index is 6.05. The van der Waals surface area contributed by atoms with Gasteiger partial charge in [0.1, 0.15) is 17.5 Å². The van der Waals surface area contributed by atoms with Crippen LogP contribution in [0.2, 0.25) is 0 Å². The maximum absolute atomic E-state index is 6.05. The lowest BCUT2D eigenvalue weighted by atomic mass is 9.95. The largest absolute Gasteiger partial charge is 0.383 e. The molecule has 1 aliphatic heterocycles. The standard InChI is InChI=1S/C16H29N5/c1-11-13(17)19-15(16(2,3)4)20-14(11)18-10-12-6-8-21(5)9-7-12/h12H,6-10H2,1-5H3,(H3,17,18,19,20). The van der Waals surface area contributed by atoms with Crippen molar-refractivity contribution in [3.63, 3.8) is 0 Å². The van der Waals surface area contributed by atoms with Gasteiger partial charge in [0.05, 0.1) is 0 Å². The number of anilines is 2. The highest BCUT2D eigenvalue weighted by molar-refractivity contribution is 5.55. The quantitative estimate of drug-likeness (QED) is 0.895. The van der Waals surface area contributed by atoms with Crippen molar-refractivity contribution < 1.29 is 0 Å². The molecule has 1 aromatic heterocycles. The van der Waals surface area contributed by atoms with E-state index in [1.54, 1.807) is 0 Å². The molecule has 3 N–H and O–H groups in total. The molecule has 0 atom stereocenters. The normalized spacial score (nSPS) is 18.0. The van der Waals surface area contributed by atoms with Gasteiger partial charge in [0.25, 0.3) is 0 Å². The molecule has 118 valence electrons. The van der Waals surface area contributed by atoms with E-state index in [1.807, 2.05) is 6.92 Å². The zero-order chi connectivity index (χ0) is 15.6. The van der Waals surface area contributed by atoms with Gasteiger partial charge in [-0.15, -0.1) is 0 Å². The Morgan fingerprint density at radius 3 is 2.43 bits per heavy atom. The molecule has 2 heterocycles. The van der Waals surface area contributed by atoms with E-state index in [9.17, 15) is 0 Å². The third kappa shape index (κ3) is 4.06. The summed E-state index contributed by atoms with van der Waals surface area (Å²) in [7, 11) is 2.19. The van der Waals surface area contributed by atoms with E-state index >= 15 is 0 Å². The molecule has 1 saturated heterocycles. The van der Waals surface area contributed by atoms with E-state index in [-0.39, 0.29) is 5.41 Å². The van der Waals surface area contributed by atoms with Crippen molar-refractivity contribution >= 4 is 11.6 Å². The van der Waals surface area contributed by atoms with Crippen LogP contribution in [-0.4, -0.2) is 41.5 Å². The van der Waals surface area contributed by atoms with Crippen molar-refractivity contribution in [3.8, 4) is 0 Å². The number of nitrogens with one attached hydrogen (secondary N) is 1. The summed E-state index contributed by atoms with van der Waals surface area (Å²) in [5, 5.41) is 3.50. The fourth-order valence-corrected chi connectivity index (χ4v) is 2.55. The topological polar surface area (TPSA) is 67.1 Å². The molecule has 0 aliphatic carbocycles. The minimum absolute atomic E-state index is 0.0915. The fourth-order valence-electron chi connectivity index (χ4n) is 2.55. The van der Waals surface area contributed by atoms with Crippen molar-refractivity contribution in [2.75, 3.05) is 37.7 Å². The van der Waals surface area contributed by atoms with E-state index in [0.29, 0.717) is 5.82 Å². The summed E-state index contributed by atoms with van der Waals surface area (Å²) >= 11 is 0. The molecule has 0 unspecified atom stereocenters. The second-order valence-electron chi connectivity index (χ2n) is 7.28. The summed E-state index contributed by atoms with van der Waals surface area (Å²) in [5.74, 6) is 3.00. The molecule has 1 fully saturated rings. The van der Waals surface area contributed by atoms with Crippen molar-refractivity contribution in [2.45, 2.75) is 46.0 Å². The van der Waals surface area contributed by atoms with Crippen LogP contribution in [0, 0.1) is 12.8 Å². The third-order valence-electron chi connectivity index (χ3n) is 4.25. The van der Waals surface area contributed by atoms with Crippen molar-refractivity contribution in [3.05, 3.63) is 11.4 Å². The van der Waals surface area contributed by atoms with Gasteiger partial charge >= 0.3 is 0 Å². The van der Waals surface area contributed by atoms with Gasteiger partial charge in [0.2, 0.25) is 0 Å². The Morgan fingerprint density at radius 2 is 1.86 bits per heavy atom. The molecule has 0 bridgehead atoms. The molecule has 1 aliphatic rings. The first-order valence-electron chi connectivity index (χ1n) is 7.84. The maximum Gasteiger partial charge on any atom is 0.138 e. The molecule has 1 aromatic rings. The highest BCUT2D eigenvalue weighted by Gasteiger charge is 2.21. The number of piperidine rings is 1. The van der Waals surface area contributed by atoms with Crippen molar-refractivity contribution in [2.24, 2.45) is 5.92 Å². The number of hydrogen-bond acceptors (Lipinski definition) is 5. The second kappa shape index (κ2) is 6.18. The van der Waals surface area contributed by atoms with Crippen LogP contribution in [0.25, 0.3) is 0 Å². The molecule has 5 heteroatoms. The van der Waals surface area contributed by atoms with E-state index < -0.39 is 0 Å². The van der Waals surface area contributed by atoms with Gasteiger partial charge in [-0.05, 0) is 45.8 Å². The Bertz CT molecular complexity index is 484. The van der Waals surface area contributed by atoms with E-state index in [2.05, 4.69) is 43.0 Å². The van der Waals surface area contributed by atoms with E-state index in [4.69, 9.17) is 10.7 Å². The monoisotopic (exact) mass is 291 g/mol. The van der Waals surface area contributed by atoms with E-state index in [1.165, 1.54) is 25.9 Å². The summed E-state index contributed by atoms with van der Waals surface area (Å²) in [5.41, 5.74) is 6.91. The van der Waals surface area contributed by atoms with Gasteiger partial charge in [-0.1, -0.05) is 20.8 Å². The Labute approximate surface area is 128 Å². The summed E-state index contributed by atoms with van der Waals surface area (Å²) in [6.07, 6.45) is 2.49. The molecule has 0 aromatic carbocycles. The average Bonchev–Trinajstić information content (AvgIpc) is 2.41. The minimum atomic E-state index is -0.0915. The summed E-state index contributed by atoms with van der Waals surface area (Å²) < 4.78 is 0. The lowest BCUT2D eigenvalue weighted by Crippen LogP contribution is -2.33. The second-order valence-corrected chi connectivity index (χ2v) is 7.28. The number of rotatable bonds is 3. The van der Waals surface area contributed by atoms with Crippen LogP contribution in [0.1, 0.15) is 45.0 Å². The van der Waals surface area contributed by atoms with Crippen LogP contribution in [0.5, 0.6) is 0 Å². The Kier molecular flexibility index (Phi) is 4.71.